The molecule has 4 N–H and O–H groups in total. The number of pyridine rings is 1. The molecule has 82 valence electrons. The molecule has 2 aromatic rings. The second-order valence-electron chi connectivity index (χ2n) is 3.35. The standard InChI is InChI=1S/C11H11N3O2/c12-8-5-13-9-4-2-1-3-7(9)11(8)14-6-10(15)16/h1-5H,6,12H2,(H,13,14)(H,15,16). The van der Waals surface area contributed by atoms with E-state index in [0.717, 1.165) is 10.9 Å². The van der Waals surface area contributed by atoms with E-state index in [0.29, 0.717) is 11.4 Å². The van der Waals surface area contributed by atoms with Crippen LogP contribution in [0, 0.1) is 0 Å². The van der Waals surface area contributed by atoms with Crippen LogP contribution in [0.15, 0.2) is 30.5 Å². The number of carbonyl (C=O) groups is 1. The van der Waals surface area contributed by atoms with Gasteiger partial charge in [0.15, 0.2) is 0 Å². The van der Waals surface area contributed by atoms with Crippen LogP contribution in [-0.4, -0.2) is 22.6 Å². The molecule has 0 aliphatic rings. The van der Waals surface area contributed by atoms with Gasteiger partial charge in [0.05, 0.1) is 23.1 Å². The zero-order valence-corrected chi connectivity index (χ0v) is 8.47. The van der Waals surface area contributed by atoms with Crippen molar-refractivity contribution in [3.05, 3.63) is 30.5 Å². The Morgan fingerprint density at radius 2 is 2.19 bits per heavy atom. The molecule has 0 bridgehead atoms. The van der Waals surface area contributed by atoms with Gasteiger partial charge in [0.1, 0.15) is 6.54 Å². The number of carboxylic acid groups (broad SMARTS) is 1. The van der Waals surface area contributed by atoms with Gasteiger partial charge in [-0.05, 0) is 6.07 Å². The summed E-state index contributed by atoms with van der Waals surface area (Å²) in [6.07, 6.45) is 1.52. The normalized spacial score (nSPS) is 10.2. The van der Waals surface area contributed by atoms with Crippen molar-refractivity contribution >= 4 is 28.2 Å². The summed E-state index contributed by atoms with van der Waals surface area (Å²) in [6.45, 7) is -0.168. The quantitative estimate of drug-likeness (QED) is 0.721. The Hall–Kier alpha value is -2.30. The van der Waals surface area contributed by atoms with Crippen LogP contribution in [0.1, 0.15) is 0 Å². The summed E-state index contributed by atoms with van der Waals surface area (Å²) in [7, 11) is 0. The SMILES string of the molecule is Nc1cnc2ccccc2c1NCC(=O)O. The molecule has 0 aliphatic carbocycles. The lowest BCUT2D eigenvalue weighted by atomic mass is 10.1. The number of anilines is 2. The highest BCUT2D eigenvalue weighted by Gasteiger charge is 2.06. The number of aromatic nitrogens is 1. The Bertz CT molecular complexity index is 540. The molecule has 0 saturated heterocycles. The predicted molar refractivity (Wildman–Crippen MR) is 62.3 cm³/mol. The zero-order chi connectivity index (χ0) is 11.5. The van der Waals surface area contributed by atoms with Gasteiger partial charge in [0.2, 0.25) is 0 Å². The molecule has 5 nitrogen and oxygen atoms in total. The number of carboxylic acids is 1. The average Bonchev–Trinajstić information content (AvgIpc) is 2.27. The van der Waals surface area contributed by atoms with Crippen LogP contribution in [0.2, 0.25) is 0 Å². The van der Waals surface area contributed by atoms with Gasteiger partial charge < -0.3 is 16.2 Å². The third-order valence-electron chi connectivity index (χ3n) is 2.22. The lowest BCUT2D eigenvalue weighted by Gasteiger charge is -2.10. The van der Waals surface area contributed by atoms with E-state index in [2.05, 4.69) is 10.3 Å². The van der Waals surface area contributed by atoms with Crippen LogP contribution in [0.5, 0.6) is 0 Å². The highest BCUT2D eigenvalue weighted by Crippen LogP contribution is 2.27. The van der Waals surface area contributed by atoms with Crippen molar-refractivity contribution in [2.75, 3.05) is 17.6 Å². The minimum absolute atomic E-state index is 0.168. The molecule has 0 radical (unpaired) electrons. The van der Waals surface area contributed by atoms with Crippen LogP contribution < -0.4 is 11.1 Å². The van der Waals surface area contributed by atoms with Crippen molar-refractivity contribution in [1.29, 1.82) is 0 Å². The first-order valence-corrected chi connectivity index (χ1v) is 4.77. The Morgan fingerprint density at radius 3 is 2.94 bits per heavy atom. The molecular formula is C11H11N3O2. The zero-order valence-electron chi connectivity index (χ0n) is 8.47. The monoisotopic (exact) mass is 217 g/mol. The molecular weight excluding hydrogens is 206 g/mol. The first-order valence-electron chi connectivity index (χ1n) is 4.77. The van der Waals surface area contributed by atoms with Crippen molar-refractivity contribution in [2.45, 2.75) is 0 Å². The van der Waals surface area contributed by atoms with E-state index < -0.39 is 5.97 Å². The molecule has 0 unspecified atom stereocenters. The largest absolute Gasteiger partial charge is 0.480 e. The molecule has 2 rings (SSSR count). The molecule has 0 atom stereocenters. The molecule has 1 aromatic heterocycles. The topological polar surface area (TPSA) is 88.2 Å². The maximum Gasteiger partial charge on any atom is 0.322 e. The lowest BCUT2D eigenvalue weighted by molar-refractivity contribution is -0.134. The Morgan fingerprint density at radius 1 is 1.44 bits per heavy atom. The number of nitrogen functional groups attached to an aromatic ring is 1. The Balaban J connectivity index is 2.48. The van der Waals surface area contributed by atoms with Crippen LogP contribution in [0.25, 0.3) is 10.9 Å². The van der Waals surface area contributed by atoms with E-state index >= 15 is 0 Å². The molecule has 0 spiro atoms. The fourth-order valence-corrected chi connectivity index (χ4v) is 1.52. The highest BCUT2D eigenvalue weighted by molar-refractivity contribution is 5.97. The molecule has 0 amide bonds. The van der Waals surface area contributed by atoms with Crippen LogP contribution in [-0.2, 0) is 4.79 Å². The van der Waals surface area contributed by atoms with Crippen LogP contribution in [0.3, 0.4) is 0 Å². The van der Waals surface area contributed by atoms with Gasteiger partial charge in [-0.15, -0.1) is 0 Å². The molecule has 16 heavy (non-hydrogen) atoms. The van der Waals surface area contributed by atoms with Gasteiger partial charge in [-0.1, -0.05) is 18.2 Å². The van der Waals surface area contributed by atoms with Gasteiger partial charge in [-0.2, -0.15) is 0 Å². The second kappa shape index (κ2) is 4.06. The average molecular weight is 217 g/mol. The molecule has 1 aromatic carbocycles. The number of fused-ring (bicyclic) bond motifs is 1. The minimum Gasteiger partial charge on any atom is -0.480 e. The van der Waals surface area contributed by atoms with Gasteiger partial charge >= 0.3 is 5.97 Å². The van der Waals surface area contributed by atoms with Crippen LogP contribution >= 0.6 is 0 Å². The van der Waals surface area contributed by atoms with Crippen LogP contribution in [0.4, 0.5) is 11.4 Å². The summed E-state index contributed by atoms with van der Waals surface area (Å²) in [5, 5.41) is 12.2. The predicted octanol–water partition coefficient (Wildman–Crippen LogP) is 1.31. The van der Waals surface area contributed by atoms with Gasteiger partial charge in [-0.25, -0.2) is 0 Å². The van der Waals surface area contributed by atoms with E-state index in [1.807, 2.05) is 24.3 Å². The molecule has 0 fully saturated rings. The summed E-state index contributed by atoms with van der Waals surface area (Å²) in [5.74, 6) is -0.930. The number of hydrogen-bond donors (Lipinski definition) is 3. The van der Waals surface area contributed by atoms with E-state index in [1.54, 1.807) is 0 Å². The summed E-state index contributed by atoms with van der Waals surface area (Å²) >= 11 is 0. The maximum atomic E-state index is 10.5. The second-order valence-corrected chi connectivity index (χ2v) is 3.35. The van der Waals surface area contributed by atoms with Gasteiger partial charge in [0.25, 0.3) is 0 Å². The fourth-order valence-electron chi connectivity index (χ4n) is 1.52. The molecule has 0 aliphatic heterocycles. The lowest BCUT2D eigenvalue weighted by Crippen LogP contribution is -2.13. The van der Waals surface area contributed by atoms with Gasteiger partial charge in [0, 0.05) is 5.39 Å². The first kappa shape index (κ1) is 10.2. The number of nitrogens with two attached hydrogens (primary N) is 1. The number of nitrogens with zero attached hydrogens (tertiary/aromatic N) is 1. The Kier molecular flexibility index (Phi) is 2.59. The van der Waals surface area contributed by atoms with E-state index in [9.17, 15) is 4.79 Å². The number of aliphatic carboxylic acids is 1. The highest BCUT2D eigenvalue weighted by atomic mass is 16.4. The van der Waals surface area contributed by atoms with Gasteiger partial charge in [-0.3, -0.25) is 9.78 Å². The molecule has 5 heteroatoms. The molecule has 1 heterocycles. The minimum atomic E-state index is -0.930. The van der Waals surface area contributed by atoms with E-state index in [4.69, 9.17) is 10.8 Å². The first-order chi connectivity index (χ1) is 7.68. The summed E-state index contributed by atoms with van der Waals surface area (Å²) in [6, 6.07) is 7.42. The fraction of sp³-hybridized carbons (Fsp3) is 0.0909. The Labute approximate surface area is 91.9 Å². The number of hydrogen-bond acceptors (Lipinski definition) is 4. The third-order valence-corrected chi connectivity index (χ3v) is 2.22. The third kappa shape index (κ3) is 1.88. The maximum absolute atomic E-state index is 10.5. The number of nitrogens with one attached hydrogen (secondary N) is 1. The number of benzene rings is 1. The summed E-state index contributed by atoms with van der Waals surface area (Å²) in [5.41, 5.74) is 7.60. The van der Waals surface area contributed by atoms with E-state index in [-0.39, 0.29) is 6.54 Å². The summed E-state index contributed by atoms with van der Waals surface area (Å²) in [4.78, 5) is 14.7. The van der Waals surface area contributed by atoms with Crippen molar-refractivity contribution in [2.24, 2.45) is 0 Å². The number of para-hydroxylation sites is 1. The van der Waals surface area contributed by atoms with Crippen molar-refractivity contribution in [3.8, 4) is 0 Å². The van der Waals surface area contributed by atoms with Crippen molar-refractivity contribution in [1.82, 2.24) is 4.98 Å². The smallest absolute Gasteiger partial charge is 0.322 e. The summed E-state index contributed by atoms with van der Waals surface area (Å²) < 4.78 is 0. The van der Waals surface area contributed by atoms with E-state index in [1.165, 1.54) is 6.20 Å². The number of rotatable bonds is 3. The molecule has 0 saturated carbocycles. The van der Waals surface area contributed by atoms with Crippen molar-refractivity contribution in [3.63, 3.8) is 0 Å². The van der Waals surface area contributed by atoms with Crippen molar-refractivity contribution < 1.29 is 9.90 Å².